The highest BCUT2D eigenvalue weighted by atomic mass is 35.5. The van der Waals surface area contributed by atoms with Crippen LogP contribution in [0.2, 0.25) is 0 Å². The smallest absolute Gasteiger partial charge is 0.166 e. The van der Waals surface area contributed by atoms with Gasteiger partial charge >= 0.3 is 0 Å². The highest BCUT2D eigenvalue weighted by molar-refractivity contribution is 5.85. The minimum atomic E-state index is 0. The summed E-state index contributed by atoms with van der Waals surface area (Å²) in [6.07, 6.45) is 0. The van der Waals surface area contributed by atoms with Gasteiger partial charge in [-0.2, -0.15) is 0 Å². The van der Waals surface area contributed by atoms with Gasteiger partial charge in [-0.15, -0.1) is 24.8 Å². The molecule has 5 nitrogen and oxygen atoms in total. The standard InChI is InChI=1S/C22H30N2O3.2ClH/c1-2-26-21-10-6-9-20(17-23-11-12-24-13-15-25-16-14-24)22(21)27-18-19-7-4-3-5-8-19;;/h3-10,23H,2,11-18H2,1H3;2*1H. The van der Waals surface area contributed by atoms with Crippen LogP contribution in [-0.2, 0) is 17.9 Å². The molecule has 2 aromatic rings. The number of rotatable bonds is 10. The summed E-state index contributed by atoms with van der Waals surface area (Å²) >= 11 is 0. The van der Waals surface area contributed by atoms with Crippen LogP contribution in [0.15, 0.2) is 48.5 Å². The SMILES string of the molecule is CCOc1cccc(CNCCN2CCOCC2)c1OCc1ccccc1.Cl.Cl. The van der Waals surface area contributed by atoms with Crippen molar-refractivity contribution >= 4 is 24.8 Å². The molecule has 0 bridgehead atoms. The molecule has 2 aromatic carbocycles. The summed E-state index contributed by atoms with van der Waals surface area (Å²) in [6.45, 7) is 9.61. The molecular formula is C22H32Cl2N2O3. The van der Waals surface area contributed by atoms with Gasteiger partial charge in [-0.05, 0) is 18.6 Å². The van der Waals surface area contributed by atoms with Crippen LogP contribution in [0.3, 0.4) is 0 Å². The van der Waals surface area contributed by atoms with Crippen molar-refractivity contribution in [3.63, 3.8) is 0 Å². The molecule has 1 N–H and O–H groups in total. The fourth-order valence-electron chi connectivity index (χ4n) is 3.15. The van der Waals surface area contributed by atoms with E-state index >= 15 is 0 Å². The zero-order valence-corrected chi connectivity index (χ0v) is 18.6. The van der Waals surface area contributed by atoms with Gasteiger partial charge in [-0.1, -0.05) is 42.5 Å². The first-order chi connectivity index (χ1) is 13.4. The van der Waals surface area contributed by atoms with E-state index in [0.29, 0.717) is 13.2 Å². The van der Waals surface area contributed by atoms with Crippen molar-refractivity contribution in [2.45, 2.75) is 20.1 Å². The Labute approximate surface area is 186 Å². The van der Waals surface area contributed by atoms with Crippen molar-refractivity contribution < 1.29 is 14.2 Å². The molecule has 162 valence electrons. The van der Waals surface area contributed by atoms with E-state index < -0.39 is 0 Å². The predicted octanol–water partition coefficient (Wildman–Crippen LogP) is 3.93. The Bertz CT molecular complexity index is 683. The molecule has 1 fully saturated rings. The molecule has 1 heterocycles. The van der Waals surface area contributed by atoms with Gasteiger partial charge in [0.2, 0.25) is 0 Å². The lowest BCUT2D eigenvalue weighted by atomic mass is 10.1. The van der Waals surface area contributed by atoms with Crippen LogP contribution in [0.4, 0.5) is 0 Å². The Morgan fingerprint density at radius 2 is 1.72 bits per heavy atom. The number of nitrogens with one attached hydrogen (secondary N) is 1. The molecule has 1 aliphatic heterocycles. The Balaban J connectivity index is 0.00000210. The van der Waals surface area contributed by atoms with Gasteiger partial charge in [0, 0.05) is 38.3 Å². The molecule has 1 aliphatic rings. The van der Waals surface area contributed by atoms with Crippen LogP contribution in [0.25, 0.3) is 0 Å². The summed E-state index contributed by atoms with van der Waals surface area (Å²) < 4.78 is 17.4. The van der Waals surface area contributed by atoms with E-state index in [0.717, 1.165) is 68.6 Å². The highest BCUT2D eigenvalue weighted by Gasteiger charge is 2.12. The summed E-state index contributed by atoms with van der Waals surface area (Å²) in [5, 5.41) is 3.54. The minimum Gasteiger partial charge on any atom is -0.490 e. The van der Waals surface area contributed by atoms with Crippen molar-refractivity contribution in [2.24, 2.45) is 0 Å². The number of hydrogen-bond acceptors (Lipinski definition) is 5. The first-order valence-electron chi connectivity index (χ1n) is 9.79. The summed E-state index contributed by atoms with van der Waals surface area (Å²) in [5.41, 5.74) is 2.27. The second kappa shape index (κ2) is 14.5. The molecule has 7 heteroatoms. The predicted molar refractivity (Wildman–Crippen MR) is 122 cm³/mol. The van der Waals surface area contributed by atoms with E-state index in [2.05, 4.69) is 28.4 Å². The Hall–Kier alpha value is -1.50. The minimum absolute atomic E-state index is 0. The number of benzene rings is 2. The Kier molecular flexibility index (Phi) is 12.7. The third kappa shape index (κ3) is 8.41. The molecule has 0 spiro atoms. The maximum Gasteiger partial charge on any atom is 0.166 e. The summed E-state index contributed by atoms with van der Waals surface area (Å²) in [5.74, 6) is 1.64. The maximum atomic E-state index is 6.16. The monoisotopic (exact) mass is 442 g/mol. The van der Waals surface area contributed by atoms with Crippen LogP contribution in [-0.4, -0.2) is 50.9 Å². The fourth-order valence-corrected chi connectivity index (χ4v) is 3.15. The maximum absolute atomic E-state index is 6.16. The molecular weight excluding hydrogens is 411 g/mol. The van der Waals surface area contributed by atoms with Gasteiger partial charge in [0.25, 0.3) is 0 Å². The summed E-state index contributed by atoms with van der Waals surface area (Å²) in [4.78, 5) is 2.43. The zero-order valence-electron chi connectivity index (χ0n) is 17.0. The van der Waals surface area contributed by atoms with E-state index in [9.17, 15) is 0 Å². The average Bonchev–Trinajstić information content (AvgIpc) is 2.72. The third-order valence-corrected chi connectivity index (χ3v) is 4.61. The van der Waals surface area contributed by atoms with Crippen molar-refractivity contribution in [3.05, 3.63) is 59.7 Å². The summed E-state index contributed by atoms with van der Waals surface area (Å²) in [6, 6.07) is 16.3. The topological polar surface area (TPSA) is 43.0 Å². The van der Waals surface area contributed by atoms with E-state index in [-0.39, 0.29) is 24.8 Å². The molecule has 0 amide bonds. The molecule has 0 saturated carbocycles. The number of halogens is 2. The van der Waals surface area contributed by atoms with Gasteiger partial charge in [0.15, 0.2) is 11.5 Å². The first-order valence-corrected chi connectivity index (χ1v) is 9.79. The highest BCUT2D eigenvalue weighted by Crippen LogP contribution is 2.32. The third-order valence-electron chi connectivity index (χ3n) is 4.61. The van der Waals surface area contributed by atoms with Gasteiger partial charge in [0.1, 0.15) is 6.61 Å². The first kappa shape index (κ1) is 25.5. The summed E-state index contributed by atoms with van der Waals surface area (Å²) in [7, 11) is 0. The van der Waals surface area contributed by atoms with Crippen molar-refractivity contribution in [3.8, 4) is 11.5 Å². The second-order valence-corrected chi connectivity index (χ2v) is 6.58. The molecule has 0 aliphatic carbocycles. The normalized spacial score (nSPS) is 13.8. The Morgan fingerprint density at radius 1 is 0.966 bits per heavy atom. The van der Waals surface area contributed by atoms with Gasteiger partial charge in [0.05, 0.1) is 19.8 Å². The van der Waals surface area contributed by atoms with Crippen molar-refractivity contribution in [1.29, 1.82) is 0 Å². The van der Waals surface area contributed by atoms with Crippen molar-refractivity contribution in [2.75, 3.05) is 46.0 Å². The van der Waals surface area contributed by atoms with E-state index in [4.69, 9.17) is 14.2 Å². The zero-order chi connectivity index (χ0) is 18.7. The number of morpholine rings is 1. The Morgan fingerprint density at radius 3 is 2.45 bits per heavy atom. The van der Waals surface area contributed by atoms with Crippen LogP contribution in [0.1, 0.15) is 18.1 Å². The van der Waals surface area contributed by atoms with Crippen molar-refractivity contribution in [1.82, 2.24) is 10.2 Å². The molecule has 3 rings (SSSR count). The average molecular weight is 443 g/mol. The van der Waals surface area contributed by atoms with Crippen LogP contribution >= 0.6 is 24.8 Å². The number of nitrogens with zero attached hydrogens (tertiary/aromatic N) is 1. The lowest BCUT2D eigenvalue weighted by molar-refractivity contribution is 0.0384. The fraction of sp³-hybridized carbons (Fsp3) is 0.455. The number of ether oxygens (including phenoxy) is 3. The van der Waals surface area contributed by atoms with E-state index in [1.807, 2.05) is 37.3 Å². The lowest BCUT2D eigenvalue weighted by Crippen LogP contribution is -2.40. The number of para-hydroxylation sites is 1. The van der Waals surface area contributed by atoms with Crippen LogP contribution in [0.5, 0.6) is 11.5 Å². The molecule has 0 atom stereocenters. The van der Waals surface area contributed by atoms with Crippen LogP contribution < -0.4 is 14.8 Å². The lowest BCUT2D eigenvalue weighted by Gasteiger charge is -2.26. The van der Waals surface area contributed by atoms with Gasteiger partial charge in [-0.25, -0.2) is 0 Å². The van der Waals surface area contributed by atoms with Gasteiger partial charge in [-0.3, -0.25) is 4.90 Å². The molecule has 0 unspecified atom stereocenters. The van der Waals surface area contributed by atoms with E-state index in [1.54, 1.807) is 0 Å². The molecule has 1 saturated heterocycles. The van der Waals surface area contributed by atoms with E-state index in [1.165, 1.54) is 0 Å². The van der Waals surface area contributed by atoms with Crippen LogP contribution in [0, 0.1) is 0 Å². The molecule has 0 radical (unpaired) electrons. The largest absolute Gasteiger partial charge is 0.490 e. The molecule has 29 heavy (non-hydrogen) atoms. The quantitative estimate of drug-likeness (QED) is 0.564. The molecule has 0 aromatic heterocycles. The number of hydrogen-bond donors (Lipinski definition) is 1. The second-order valence-electron chi connectivity index (χ2n) is 6.58. The van der Waals surface area contributed by atoms with Gasteiger partial charge < -0.3 is 19.5 Å².